The summed E-state index contributed by atoms with van der Waals surface area (Å²) in [5, 5.41) is 13.2. The monoisotopic (exact) mass is 598 g/mol. The van der Waals surface area contributed by atoms with Gasteiger partial charge in [-0.2, -0.15) is 23.5 Å². The van der Waals surface area contributed by atoms with Gasteiger partial charge in [-0.1, -0.05) is 12.1 Å². The number of nitrogens with zero attached hydrogens (tertiary/aromatic N) is 4. The third-order valence-corrected chi connectivity index (χ3v) is 9.44. The van der Waals surface area contributed by atoms with Crippen molar-refractivity contribution in [2.45, 2.75) is 46.0 Å². The lowest BCUT2D eigenvalue weighted by molar-refractivity contribution is -0.141. The predicted molar refractivity (Wildman–Crippen MR) is 140 cm³/mol. The minimum atomic E-state index is -4.84. The third kappa shape index (κ3) is 6.00. The van der Waals surface area contributed by atoms with Gasteiger partial charge in [0.1, 0.15) is 22.9 Å². The van der Waals surface area contributed by atoms with E-state index in [0.717, 1.165) is 28.3 Å². The lowest BCUT2D eigenvalue weighted by Gasteiger charge is -2.34. The summed E-state index contributed by atoms with van der Waals surface area (Å²) in [6.07, 6.45) is -4.22. The molecule has 0 spiro atoms. The van der Waals surface area contributed by atoms with E-state index in [1.165, 1.54) is 17.0 Å². The zero-order valence-electron chi connectivity index (χ0n) is 22.0. The summed E-state index contributed by atoms with van der Waals surface area (Å²) in [6.45, 7) is 5.16. The van der Waals surface area contributed by atoms with Crippen LogP contribution in [-0.2, 0) is 37.7 Å². The number of thiophene rings is 1. The maximum atomic E-state index is 15.5. The van der Waals surface area contributed by atoms with Gasteiger partial charge in [-0.05, 0) is 44.0 Å². The Morgan fingerprint density at radius 1 is 1.23 bits per heavy atom. The molecule has 8 nitrogen and oxygen atoms in total. The lowest BCUT2D eigenvalue weighted by atomic mass is 9.83. The van der Waals surface area contributed by atoms with E-state index in [1.807, 2.05) is 0 Å². The number of alkyl halides is 3. The van der Waals surface area contributed by atoms with Crippen molar-refractivity contribution >= 4 is 24.8 Å². The van der Waals surface area contributed by atoms with Crippen LogP contribution in [0.2, 0.25) is 0 Å². The van der Waals surface area contributed by atoms with Crippen LogP contribution in [0.4, 0.5) is 17.6 Å². The Balaban J connectivity index is 1.84. The number of halogens is 4. The predicted octanol–water partition coefficient (Wildman–Crippen LogP) is 6.40. The molecular weight excluding hydrogens is 571 g/mol. The van der Waals surface area contributed by atoms with E-state index in [0.29, 0.717) is 15.3 Å². The maximum absolute atomic E-state index is 15.5. The number of amides is 1. The standard InChI is InChI=1S/C26H27F4N4O4PS/c1-4-34-13-20(25(32-34)26(28,29)30)24-17(8-7-9-21(24)27)19-12-33(14-22-18(19)10-16(11-31)40-22)23(35)15-39(36,37-5-2)38-6-3/h7-10,13,19H,4-6,12,14-15H2,1-3H3/t19-/m0/s1. The first-order chi connectivity index (χ1) is 18.9. The van der Waals surface area contributed by atoms with Crippen LogP contribution in [0.3, 0.4) is 0 Å². The molecule has 14 heteroatoms. The average molecular weight is 599 g/mol. The topological polar surface area (TPSA) is 97.5 Å². The first kappa shape index (κ1) is 29.9. The quantitative estimate of drug-likeness (QED) is 0.209. The smallest absolute Gasteiger partial charge is 0.336 e. The van der Waals surface area contributed by atoms with E-state index in [4.69, 9.17) is 9.05 Å². The summed E-state index contributed by atoms with van der Waals surface area (Å²) in [7, 11) is -3.75. The van der Waals surface area contributed by atoms with Crippen molar-refractivity contribution in [1.82, 2.24) is 14.7 Å². The highest BCUT2D eigenvalue weighted by Gasteiger charge is 2.41. The molecule has 3 aromatic rings. The molecule has 0 saturated carbocycles. The minimum Gasteiger partial charge on any atom is -0.336 e. The van der Waals surface area contributed by atoms with Gasteiger partial charge in [0.15, 0.2) is 5.69 Å². The van der Waals surface area contributed by atoms with Gasteiger partial charge in [0.25, 0.3) is 0 Å². The van der Waals surface area contributed by atoms with Crippen molar-refractivity contribution < 1.29 is 36.0 Å². The number of carbonyl (C=O) groups is 1. The summed E-state index contributed by atoms with van der Waals surface area (Å²) < 4.78 is 82.1. The number of aryl methyl sites for hydroxylation is 1. The number of hydrogen-bond acceptors (Lipinski definition) is 7. The maximum Gasteiger partial charge on any atom is 0.435 e. The fourth-order valence-corrected chi connectivity index (χ4v) is 7.42. The SMILES string of the molecule is CCOP(=O)(CC(=O)N1Cc2sc(C#N)cc2[C@H](c2cccc(F)c2-c2cn(CC)nc2C(F)(F)F)C1)OCC. The minimum absolute atomic E-state index is 0.0502. The van der Waals surface area contributed by atoms with Crippen LogP contribution in [0.25, 0.3) is 11.1 Å². The van der Waals surface area contributed by atoms with Gasteiger partial charge in [0.2, 0.25) is 5.91 Å². The molecule has 4 rings (SSSR count). The molecule has 0 bridgehead atoms. The van der Waals surface area contributed by atoms with Gasteiger partial charge in [-0.25, -0.2) is 4.39 Å². The van der Waals surface area contributed by atoms with Crippen LogP contribution in [-0.4, -0.2) is 46.5 Å². The van der Waals surface area contributed by atoms with Gasteiger partial charge in [-0.15, -0.1) is 11.3 Å². The van der Waals surface area contributed by atoms with E-state index in [9.17, 15) is 27.8 Å². The molecule has 0 radical (unpaired) electrons. The number of hydrogen-bond donors (Lipinski definition) is 0. The molecule has 1 atom stereocenters. The largest absolute Gasteiger partial charge is 0.435 e. The van der Waals surface area contributed by atoms with Crippen molar-refractivity contribution in [2.75, 3.05) is 25.9 Å². The first-order valence-corrected chi connectivity index (χ1v) is 15.1. The van der Waals surface area contributed by atoms with Crippen molar-refractivity contribution in [3.63, 3.8) is 0 Å². The summed E-state index contributed by atoms with van der Waals surface area (Å²) in [5.74, 6) is -2.21. The van der Waals surface area contributed by atoms with Crippen molar-refractivity contribution in [3.05, 3.63) is 62.9 Å². The number of aromatic nitrogens is 2. The van der Waals surface area contributed by atoms with Gasteiger partial charge < -0.3 is 13.9 Å². The summed E-state index contributed by atoms with van der Waals surface area (Å²) >= 11 is 1.14. The van der Waals surface area contributed by atoms with Crippen LogP contribution in [0.15, 0.2) is 30.5 Å². The number of nitriles is 1. The molecular formula is C26H27F4N4O4PS. The molecule has 0 saturated heterocycles. The molecule has 1 aliphatic rings. The van der Waals surface area contributed by atoms with E-state index in [2.05, 4.69) is 11.2 Å². The normalized spacial score (nSPS) is 15.7. The zero-order valence-corrected chi connectivity index (χ0v) is 23.7. The molecule has 3 heterocycles. The molecule has 0 fully saturated rings. The molecule has 214 valence electrons. The summed E-state index contributed by atoms with van der Waals surface area (Å²) in [4.78, 5) is 15.7. The van der Waals surface area contributed by atoms with Gasteiger partial charge in [-0.3, -0.25) is 14.0 Å². The third-order valence-electron chi connectivity index (χ3n) is 6.44. The number of carbonyl (C=O) groups excluding carboxylic acids is 1. The second-order valence-electron chi connectivity index (χ2n) is 8.98. The lowest BCUT2D eigenvalue weighted by Crippen LogP contribution is -2.39. The highest BCUT2D eigenvalue weighted by atomic mass is 32.1. The van der Waals surface area contributed by atoms with Crippen LogP contribution in [0.1, 0.15) is 53.3 Å². The second kappa shape index (κ2) is 11.8. The van der Waals surface area contributed by atoms with E-state index < -0.39 is 48.8 Å². The van der Waals surface area contributed by atoms with E-state index in [-0.39, 0.29) is 44.0 Å². The van der Waals surface area contributed by atoms with Gasteiger partial charge in [0, 0.05) is 41.2 Å². The van der Waals surface area contributed by atoms with Crippen LogP contribution in [0.5, 0.6) is 0 Å². The Morgan fingerprint density at radius 2 is 1.93 bits per heavy atom. The van der Waals surface area contributed by atoms with E-state index in [1.54, 1.807) is 26.8 Å². The van der Waals surface area contributed by atoms with Crippen molar-refractivity contribution in [1.29, 1.82) is 5.26 Å². The molecule has 40 heavy (non-hydrogen) atoms. The molecule has 0 unspecified atom stereocenters. The van der Waals surface area contributed by atoms with Crippen LogP contribution < -0.4 is 0 Å². The van der Waals surface area contributed by atoms with Gasteiger partial charge in [0.05, 0.1) is 19.8 Å². The number of fused-ring (bicyclic) bond motifs is 1. The Labute approximate surface area is 232 Å². The average Bonchev–Trinajstić information content (AvgIpc) is 3.52. The second-order valence-corrected chi connectivity index (χ2v) is 12.2. The van der Waals surface area contributed by atoms with E-state index >= 15 is 4.39 Å². The fourth-order valence-electron chi connectivity index (χ4n) is 4.81. The molecule has 1 aromatic carbocycles. The first-order valence-electron chi connectivity index (χ1n) is 12.6. The Bertz CT molecular complexity index is 1490. The summed E-state index contributed by atoms with van der Waals surface area (Å²) in [5.41, 5.74) is -1.09. The Kier molecular flexibility index (Phi) is 8.85. The highest BCUT2D eigenvalue weighted by molar-refractivity contribution is 7.54. The molecule has 1 aliphatic heterocycles. The Morgan fingerprint density at radius 3 is 2.52 bits per heavy atom. The molecule has 0 N–H and O–H groups in total. The highest BCUT2D eigenvalue weighted by Crippen LogP contribution is 2.49. The molecule has 2 aromatic heterocycles. The molecule has 0 aliphatic carbocycles. The molecule has 1 amide bonds. The fraction of sp³-hybridized carbons (Fsp3) is 0.423. The van der Waals surface area contributed by atoms with Crippen LogP contribution >= 0.6 is 18.9 Å². The van der Waals surface area contributed by atoms with Gasteiger partial charge >= 0.3 is 13.8 Å². The van der Waals surface area contributed by atoms with Crippen molar-refractivity contribution in [3.8, 4) is 17.2 Å². The number of rotatable bonds is 9. The van der Waals surface area contributed by atoms with Crippen molar-refractivity contribution in [2.24, 2.45) is 0 Å². The Hall–Kier alpha value is -3.04. The number of benzene rings is 1. The zero-order chi connectivity index (χ0) is 29.2. The summed E-state index contributed by atoms with van der Waals surface area (Å²) in [6, 6.07) is 7.66. The van der Waals surface area contributed by atoms with Crippen LogP contribution in [0, 0.1) is 17.1 Å².